The number of carbonyl (C=O) groups excluding carboxylic acids is 3. The van der Waals surface area contributed by atoms with Crippen molar-refractivity contribution in [3.05, 3.63) is 53.9 Å². The van der Waals surface area contributed by atoms with Crippen LogP contribution in [0.1, 0.15) is 88.3 Å². The van der Waals surface area contributed by atoms with Crippen molar-refractivity contribution in [1.29, 1.82) is 0 Å². The highest BCUT2D eigenvalue weighted by atomic mass is 19.1. The Kier molecular flexibility index (Phi) is 10.4. The van der Waals surface area contributed by atoms with Gasteiger partial charge in [-0.2, -0.15) is 0 Å². The molecule has 1 saturated heterocycles. The van der Waals surface area contributed by atoms with Gasteiger partial charge in [0.1, 0.15) is 17.6 Å². The summed E-state index contributed by atoms with van der Waals surface area (Å²) in [6, 6.07) is 5.39. The second-order valence-electron chi connectivity index (χ2n) is 12.9. The third kappa shape index (κ3) is 7.76. The molecule has 1 aliphatic carbocycles. The van der Waals surface area contributed by atoms with Crippen LogP contribution >= 0.6 is 0 Å². The van der Waals surface area contributed by atoms with Crippen molar-refractivity contribution in [2.45, 2.75) is 96.8 Å². The number of imidazole rings is 1. The number of amides is 3. The molecule has 4 rings (SSSR count). The summed E-state index contributed by atoms with van der Waals surface area (Å²) in [7, 11) is 1.71. The maximum atomic E-state index is 14.0. The molecule has 3 amide bonds. The van der Waals surface area contributed by atoms with Crippen LogP contribution in [-0.4, -0.2) is 81.9 Å². The van der Waals surface area contributed by atoms with Gasteiger partial charge in [0.15, 0.2) is 0 Å². The Bertz CT molecular complexity index is 1220. The summed E-state index contributed by atoms with van der Waals surface area (Å²) in [6.45, 7) is 8.96. The highest BCUT2D eigenvalue weighted by Gasteiger charge is 2.41. The Labute approximate surface area is 249 Å². The zero-order valence-corrected chi connectivity index (χ0v) is 25.7. The van der Waals surface area contributed by atoms with E-state index in [1.165, 1.54) is 25.0 Å². The van der Waals surface area contributed by atoms with Crippen LogP contribution in [0.2, 0.25) is 0 Å². The van der Waals surface area contributed by atoms with Gasteiger partial charge in [-0.05, 0) is 69.2 Å². The summed E-state index contributed by atoms with van der Waals surface area (Å²) in [5.41, 5.74) is 0.829. The summed E-state index contributed by atoms with van der Waals surface area (Å²) < 4.78 is 15.6. The molecule has 0 radical (unpaired) electrons. The fourth-order valence-corrected chi connectivity index (χ4v) is 5.99. The van der Waals surface area contributed by atoms with Crippen molar-refractivity contribution in [3.63, 3.8) is 0 Å². The normalized spacial score (nSPS) is 19.1. The summed E-state index contributed by atoms with van der Waals surface area (Å²) in [6.07, 6.45) is 10.3. The number of halogens is 1. The van der Waals surface area contributed by atoms with Crippen LogP contribution in [0.5, 0.6) is 0 Å². The van der Waals surface area contributed by atoms with E-state index in [1.807, 2.05) is 31.9 Å². The predicted molar refractivity (Wildman–Crippen MR) is 160 cm³/mol. The minimum Gasteiger partial charge on any atom is -0.342 e. The van der Waals surface area contributed by atoms with E-state index >= 15 is 0 Å². The van der Waals surface area contributed by atoms with Crippen LogP contribution in [0.15, 0.2) is 36.8 Å². The van der Waals surface area contributed by atoms with Gasteiger partial charge in [0, 0.05) is 37.9 Å². The molecule has 0 spiro atoms. The Morgan fingerprint density at radius 2 is 1.79 bits per heavy atom. The van der Waals surface area contributed by atoms with Crippen molar-refractivity contribution in [2.24, 2.45) is 5.41 Å². The smallest absolute Gasteiger partial charge is 0.274 e. The summed E-state index contributed by atoms with van der Waals surface area (Å²) in [4.78, 5) is 48.7. The average Bonchev–Trinajstić information content (AvgIpc) is 3.75. The first kappa shape index (κ1) is 31.7. The van der Waals surface area contributed by atoms with E-state index in [4.69, 9.17) is 0 Å². The Morgan fingerprint density at radius 1 is 1.10 bits per heavy atom. The number of hydrogen-bond donors (Lipinski definition) is 2. The van der Waals surface area contributed by atoms with E-state index in [1.54, 1.807) is 37.3 Å². The number of hydrogen-bond acceptors (Lipinski definition) is 5. The van der Waals surface area contributed by atoms with Gasteiger partial charge in [-0.25, -0.2) is 9.37 Å². The number of rotatable bonds is 11. The lowest BCUT2D eigenvalue weighted by molar-refractivity contribution is -0.140. The molecule has 1 aromatic carbocycles. The largest absolute Gasteiger partial charge is 0.342 e. The van der Waals surface area contributed by atoms with Crippen LogP contribution in [0.25, 0.3) is 0 Å². The SMILES string of the molecule is CNC(C)C(=O)NC(C(=O)N1CCCC1CN(CCc1ccc(F)cc1)C(=O)c1cn(C2CCCC2)cn1)C(C)(C)C. The first-order valence-corrected chi connectivity index (χ1v) is 15.3. The fraction of sp³-hybridized carbons (Fsp3) is 0.625. The number of nitrogens with one attached hydrogen (secondary N) is 2. The molecule has 1 aromatic heterocycles. The summed E-state index contributed by atoms with van der Waals surface area (Å²) in [5, 5.41) is 5.90. The average molecular weight is 583 g/mol. The molecule has 1 saturated carbocycles. The minimum atomic E-state index is -0.702. The third-order valence-electron chi connectivity index (χ3n) is 8.76. The molecular formula is C32H47FN6O3. The van der Waals surface area contributed by atoms with E-state index in [0.29, 0.717) is 37.8 Å². The van der Waals surface area contributed by atoms with E-state index < -0.39 is 17.5 Å². The second-order valence-corrected chi connectivity index (χ2v) is 12.9. The number of carbonyl (C=O) groups is 3. The van der Waals surface area contributed by atoms with Crippen LogP contribution in [0, 0.1) is 11.2 Å². The minimum absolute atomic E-state index is 0.127. The maximum Gasteiger partial charge on any atom is 0.274 e. The molecular weight excluding hydrogens is 535 g/mol. The van der Waals surface area contributed by atoms with Gasteiger partial charge in [-0.3, -0.25) is 14.4 Å². The predicted octanol–water partition coefficient (Wildman–Crippen LogP) is 3.95. The standard InChI is InChI=1S/C32H47FN6O3/c1-22(34-5)29(40)36-28(32(2,3)4)31(42)39-17-8-11-26(39)19-37(18-16-23-12-14-24(33)15-13-23)30(41)27-20-38(21-35-27)25-9-6-7-10-25/h12-15,20-22,25-26,28,34H,6-11,16-19H2,1-5H3,(H,36,40). The molecule has 2 heterocycles. The van der Waals surface area contributed by atoms with E-state index in [2.05, 4.69) is 20.2 Å². The van der Waals surface area contributed by atoms with Crippen molar-refractivity contribution >= 4 is 17.7 Å². The lowest BCUT2D eigenvalue weighted by Gasteiger charge is -2.37. The molecule has 42 heavy (non-hydrogen) atoms. The summed E-state index contributed by atoms with van der Waals surface area (Å²) >= 11 is 0. The Morgan fingerprint density at radius 3 is 2.43 bits per heavy atom. The summed E-state index contributed by atoms with van der Waals surface area (Å²) in [5.74, 6) is -0.820. The number of likely N-dealkylation sites (N-methyl/N-ethyl adjacent to an activating group) is 1. The van der Waals surface area contributed by atoms with Crippen molar-refractivity contribution in [2.75, 3.05) is 26.7 Å². The molecule has 1 aliphatic heterocycles. The van der Waals surface area contributed by atoms with E-state index in [9.17, 15) is 18.8 Å². The molecule has 9 nitrogen and oxygen atoms in total. The van der Waals surface area contributed by atoms with Gasteiger partial charge in [0.25, 0.3) is 5.91 Å². The van der Waals surface area contributed by atoms with Crippen LogP contribution < -0.4 is 10.6 Å². The monoisotopic (exact) mass is 582 g/mol. The highest BCUT2D eigenvalue weighted by Crippen LogP contribution is 2.30. The van der Waals surface area contributed by atoms with Crippen LogP contribution in [0.4, 0.5) is 4.39 Å². The lowest BCUT2D eigenvalue weighted by atomic mass is 9.85. The first-order valence-electron chi connectivity index (χ1n) is 15.3. The molecule has 2 fully saturated rings. The van der Waals surface area contributed by atoms with E-state index in [-0.39, 0.29) is 29.6 Å². The van der Waals surface area contributed by atoms with Gasteiger partial charge in [0.05, 0.1) is 12.4 Å². The zero-order valence-electron chi connectivity index (χ0n) is 25.7. The zero-order chi connectivity index (χ0) is 30.4. The van der Waals surface area contributed by atoms with Gasteiger partial charge in [0.2, 0.25) is 11.8 Å². The van der Waals surface area contributed by atoms with Crippen LogP contribution in [-0.2, 0) is 16.0 Å². The Balaban J connectivity index is 1.53. The van der Waals surface area contributed by atoms with Crippen LogP contribution in [0.3, 0.4) is 0 Å². The highest BCUT2D eigenvalue weighted by molar-refractivity contribution is 5.92. The molecule has 2 aromatic rings. The number of benzene rings is 1. The second kappa shape index (κ2) is 13.8. The van der Waals surface area contributed by atoms with Gasteiger partial charge >= 0.3 is 0 Å². The number of aromatic nitrogens is 2. The molecule has 3 atom stereocenters. The molecule has 10 heteroatoms. The maximum absolute atomic E-state index is 14.0. The van der Waals surface area contributed by atoms with Crippen molar-refractivity contribution in [3.8, 4) is 0 Å². The topological polar surface area (TPSA) is 99.6 Å². The van der Waals surface area contributed by atoms with E-state index in [0.717, 1.165) is 31.2 Å². The van der Waals surface area contributed by atoms with Gasteiger partial charge in [-0.15, -0.1) is 0 Å². The molecule has 230 valence electrons. The number of nitrogens with zero attached hydrogens (tertiary/aromatic N) is 4. The third-order valence-corrected chi connectivity index (χ3v) is 8.76. The first-order chi connectivity index (χ1) is 20.0. The molecule has 2 aliphatic rings. The van der Waals surface area contributed by atoms with Gasteiger partial charge < -0.3 is 25.0 Å². The molecule has 0 bridgehead atoms. The quantitative estimate of drug-likeness (QED) is 0.418. The van der Waals surface area contributed by atoms with Crippen molar-refractivity contribution in [1.82, 2.24) is 30.0 Å². The van der Waals surface area contributed by atoms with Gasteiger partial charge in [-0.1, -0.05) is 45.7 Å². The molecule has 2 N–H and O–H groups in total. The van der Waals surface area contributed by atoms with Crippen molar-refractivity contribution < 1.29 is 18.8 Å². The Hall–Kier alpha value is -3.27. The lowest BCUT2D eigenvalue weighted by Crippen LogP contribution is -2.59. The fourth-order valence-electron chi connectivity index (χ4n) is 5.99. The molecule has 3 unspecified atom stereocenters. The number of likely N-dealkylation sites (tertiary alicyclic amines) is 1.